The summed E-state index contributed by atoms with van der Waals surface area (Å²) in [5.41, 5.74) is 5.53. The summed E-state index contributed by atoms with van der Waals surface area (Å²) < 4.78 is 5.54. The molecule has 1 fully saturated rings. The number of benzene rings is 2. The topological polar surface area (TPSA) is 59.2 Å². The van der Waals surface area contributed by atoms with E-state index in [1.807, 2.05) is 36.1 Å². The molecule has 0 bridgehead atoms. The van der Waals surface area contributed by atoms with Crippen molar-refractivity contribution in [3.8, 4) is 11.4 Å². The average Bonchev–Trinajstić information content (AvgIpc) is 3.28. The molecule has 1 atom stereocenters. The first-order valence-electron chi connectivity index (χ1n) is 10.0. The van der Waals surface area contributed by atoms with Crippen LogP contribution in [0.1, 0.15) is 55.7 Å². The minimum absolute atomic E-state index is 0.0849. The average molecular weight is 389 g/mol. The second-order valence-electron chi connectivity index (χ2n) is 8.98. The van der Waals surface area contributed by atoms with Gasteiger partial charge in [-0.2, -0.15) is 4.98 Å². The van der Waals surface area contributed by atoms with Crippen molar-refractivity contribution in [1.29, 1.82) is 0 Å². The molecule has 1 saturated heterocycles. The van der Waals surface area contributed by atoms with Crippen LogP contribution in [0, 0.1) is 13.8 Å². The van der Waals surface area contributed by atoms with Gasteiger partial charge in [-0.3, -0.25) is 4.79 Å². The molecule has 0 aliphatic carbocycles. The van der Waals surface area contributed by atoms with Gasteiger partial charge >= 0.3 is 0 Å². The van der Waals surface area contributed by atoms with E-state index in [0.717, 1.165) is 16.8 Å². The van der Waals surface area contributed by atoms with E-state index >= 15 is 0 Å². The largest absolute Gasteiger partial charge is 0.339 e. The van der Waals surface area contributed by atoms with Gasteiger partial charge in [0.1, 0.15) is 0 Å². The number of amides is 1. The Kier molecular flexibility index (Phi) is 4.77. The summed E-state index contributed by atoms with van der Waals surface area (Å²) in [5, 5.41) is 4.16. The number of aromatic nitrogens is 2. The van der Waals surface area contributed by atoms with Crippen molar-refractivity contribution in [2.24, 2.45) is 0 Å². The van der Waals surface area contributed by atoms with Gasteiger partial charge in [-0.15, -0.1) is 0 Å². The quantitative estimate of drug-likeness (QED) is 0.620. The molecule has 2 aromatic carbocycles. The molecule has 1 aliphatic rings. The molecule has 150 valence electrons. The summed E-state index contributed by atoms with van der Waals surface area (Å²) >= 11 is 0. The van der Waals surface area contributed by atoms with E-state index in [1.165, 1.54) is 11.1 Å². The van der Waals surface area contributed by atoms with Crippen LogP contribution in [0.5, 0.6) is 0 Å². The summed E-state index contributed by atoms with van der Waals surface area (Å²) in [4.78, 5) is 19.1. The van der Waals surface area contributed by atoms with Gasteiger partial charge in [-0.1, -0.05) is 67.9 Å². The number of hydrogen-bond acceptors (Lipinski definition) is 4. The molecule has 2 heterocycles. The molecule has 0 spiro atoms. The summed E-state index contributed by atoms with van der Waals surface area (Å²) in [7, 11) is 0. The SMILES string of the molecule is Cc1ccc(N2CC(c3nc(-c4ccc(C(C)(C)C)cc4)no3)CC2=O)c(C)c1. The van der Waals surface area contributed by atoms with Gasteiger partial charge in [-0.25, -0.2) is 0 Å². The van der Waals surface area contributed by atoms with Gasteiger partial charge in [0.15, 0.2) is 0 Å². The molecule has 1 aromatic heterocycles. The highest BCUT2D eigenvalue weighted by Crippen LogP contribution is 2.34. The van der Waals surface area contributed by atoms with Crippen LogP contribution < -0.4 is 4.90 Å². The van der Waals surface area contributed by atoms with Crippen LogP contribution in [-0.2, 0) is 10.2 Å². The molecule has 5 heteroatoms. The van der Waals surface area contributed by atoms with Gasteiger partial charge < -0.3 is 9.42 Å². The zero-order valence-electron chi connectivity index (χ0n) is 17.7. The smallest absolute Gasteiger partial charge is 0.232 e. The fourth-order valence-electron chi connectivity index (χ4n) is 3.85. The first kappa shape index (κ1) is 19.4. The van der Waals surface area contributed by atoms with Gasteiger partial charge in [0.2, 0.25) is 17.6 Å². The molecule has 5 nitrogen and oxygen atoms in total. The summed E-state index contributed by atoms with van der Waals surface area (Å²) in [6.07, 6.45) is 0.387. The Morgan fingerprint density at radius 3 is 2.45 bits per heavy atom. The number of nitrogens with zero attached hydrogens (tertiary/aromatic N) is 3. The zero-order chi connectivity index (χ0) is 20.8. The molecular formula is C24H27N3O2. The molecule has 0 N–H and O–H groups in total. The molecule has 3 aromatic rings. The fraction of sp³-hybridized carbons (Fsp3) is 0.375. The van der Waals surface area contributed by atoms with E-state index in [4.69, 9.17) is 4.52 Å². The molecule has 1 unspecified atom stereocenters. The van der Waals surface area contributed by atoms with Crippen molar-refractivity contribution in [2.75, 3.05) is 11.4 Å². The minimum atomic E-state index is -0.0849. The highest BCUT2D eigenvalue weighted by Gasteiger charge is 2.35. The lowest BCUT2D eigenvalue weighted by Gasteiger charge is -2.19. The third kappa shape index (κ3) is 3.82. The first-order chi connectivity index (χ1) is 13.7. The Labute approximate surface area is 171 Å². The molecule has 0 saturated carbocycles. The Bertz CT molecular complexity index is 1040. The van der Waals surface area contributed by atoms with Crippen molar-refractivity contribution in [1.82, 2.24) is 10.1 Å². The minimum Gasteiger partial charge on any atom is -0.339 e. The number of aryl methyl sites for hydroxylation is 2. The molecule has 1 amide bonds. The van der Waals surface area contributed by atoms with E-state index in [9.17, 15) is 4.79 Å². The highest BCUT2D eigenvalue weighted by atomic mass is 16.5. The summed E-state index contributed by atoms with van der Waals surface area (Å²) in [5.74, 6) is 1.10. The molecule has 1 aliphatic heterocycles. The van der Waals surface area contributed by atoms with Crippen molar-refractivity contribution < 1.29 is 9.32 Å². The molecule has 0 radical (unpaired) electrons. The molecular weight excluding hydrogens is 362 g/mol. The van der Waals surface area contributed by atoms with Gasteiger partial charge in [0.25, 0.3) is 0 Å². The Morgan fingerprint density at radius 2 is 1.79 bits per heavy atom. The lowest BCUT2D eigenvalue weighted by molar-refractivity contribution is -0.117. The number of rotatable bonds is 3. The van der Waals surface area contributed by atoms with Gasteiger partial charge in [0.05, 0.1) is 5.92 Å². The van der Waals surface area contributed by atoms with Crippen molar-refractivity contribution in [3.05, 3.63) is 65.0 Å². The van der Waals surface area contributed by atoms with Crippen LogP contribution in [0.4, 0.5) is 5.69 Å². The van der Waals surface area contributed by atoms with Gasteiger partial charge in [0, 0.05) is 24.2 Å². The van der Waals surface area contributed by atoms with Crippen molar-refractivity contribution >= 4 is 11.6 Å². The van der Waals surface area contributed by atoms with E-state index in [1.54, 1.807) is 0 Å². The highest BCUT2D eigenvalue weighted by molar-refractivity contribution is 5.97. The van der Waals surface area contributed by atoms with Crippen LogP contribution in [0.2, 0.25) is 0 Å². The van der Waals surface area contributed by atoms with Crippen LogP contribution in [0.25, 0.3) is 11.4 Å². The van der Waals surface area contributed by atoms with Crippen LogP contribution in [0.3, 0.4) is 0 Å². The Morgan fingerprint density at radius 1 is 1.07 bits per heavy atom. The normalized spacial score (nSPS) is 17.2. The van der Waals surface area contributed by atoms with Crippen LogP contribution in [0.15, 0.2) is 47.0 Å². The van der Waals surface area contributed by atoms with E-state index in [0.29, 0.717) is 24.7 Å². The summed E-state index contributed by atoms with van der Waals surface area (Å²) in [6.45, 7) is 11.2. The maximum Gasteiger partial charge on any atom is 0.232 e. The standard InChI is InChI=1S/C24H27N3O2/c1-15-6-11-20(16(2)12-15)27-14-18(13-21(27)28)23-25-22(26-29-23)17-7-9-19(10-8-17)24(3,4)5/h6-12,18H,13-14H2,1-5H3. The molecule has 4 rings (SSSR count). The first-order valence-corrected chi connectivity index (χ1v) is 10.0. The Hall–Kier alpha value is -2.95. The third-order valence-electron chi connectivity index (χ3n) is 5.57. The second kappa shape index (κ2) is 7.14. The van der Waals surface area contributed by atoms with Gasteiger partial charge in [-0.05, 0) is 36.5 Å². The predicted octanol–water partition coefficient (Wildman–Crippen LogP) is 5.17. The van der Waals surface area contributed by atoms with E-state index in [-0.39, 0.29) is 17.2 Å². The van der Waals surface area contributed by atoms with Crippen LogP contribution >= 0.6 is 0 Å². The lowest BCUT2D eigenvalue weighted by atomic mass is 9.87. The fourth-order valence-corrected chi connectivity index (χ4v) is 3.85. The number of carbonyl (C=O) groups is 1. The lowest BCUT2D eigenvalue weighted by Crippen LogP contribution is -2.25. The number of hydrogen-bond donors (Lipinski definition) is 0. The van der Waals surface area contributed by atoms with Crippen LogP contribution in [-0.4, -0.2) is 22.6 Å². The second-order valence-corrected chi connectivity index (χ2v) is 8.98. The maximum absolute atomic E-state index is 12.6. The number of carbonyl (C=O) groups excluding carboxylic acids is 1. The third-order valence-corrected chi connectivity index (χ3v) is 5.57. The Balaban J connectivity index is 1.53. The van der Waals surface area contributed by atoms with Crippen molar-refractivity contribution in [3.63, 3.8) is 0 Å². The summed E-state index contributed by atoms with van der Waals surface area (Å²) in [6, 6.07) is 14.4. The van der Waals surface area contributed by atoms with E-state index in [2.05, 4.69) is 56.0 Å². The maximum atomic E-state index is 12.6. The van der Waals surface area contributed by atoms with E-state index < -0.39 is 0 Å². The monoisotopic (exact) mass is 389 g/mol. The zero-order valence-corrected chi connectivity index (χ0v) is 17.7. The predicted molar refractivity (Wildman–Crippen MR) is 114 cm³/mol. The number of anilines is 1. The molecule has 29 heavy (non-hydrogen) atoms. The van der Waals surface area contributed by atoms with Crippen molar-refractivity contribution in [2.45, 2.75) is 52.4 Å².